The molecule has 0 spiro atoms. The van der Waals surface area contributed by atoms with Crippen molar-refractivity contribution in [3.63, 3.8) is 0 Å². The standard InChI is InChI=1S/Mg.6O.2Ta/q+2;;;;;2*-1;;. The molecule has 0 aliphatic rings. The third-order valence-electron chi connectivity index (χ3n) is 0. The van der Waals surface area contributed by atoms with Crippen LogP contribution in [0.4, 0.5) is 0 Å². The van der Waals surface area contributed by atoms with Crippen LogP contribution in [0.3, 0.4) is 0 Å². The van der Waals surface area contributed by atoms with Gasteiger partial charge in [0.1, 0.15) is 0 Å². The molecule has 0 N–H and O–H groups in total. The summed E-state index contributed by atoms with van der Waals surface area (Å²) in [6.07, 6.45) is 0. The zero-order valence-corrected chi connectivity index (χ0v) is 11.9. The fourth-order valence-corrected chi connectivity index (χ4v) is 0. The first-order valence-electron chi connectivity index (χ1n) is 1.10. The summed E-state index contributed by atoms with van der Waals surface area (Å²) >= 11 is -8.69. The Bertz CT molecular complexity index is 128. The molecule has 0 unspecified atom stereocenters. The molecule has 0 aliphatic heterocycles. The van der Waals surface area contributed by atoms with E-state index in [9.17, 15) is 0 Å². The molecule has 0 rings (SSSR count). The maximum absolute atomic E-state index is 8.62. The van der Waals surface area contributed by atoms with Crippen LogP contribution in [0.1, 0.15) is 0 Å². The molecule has 0 aliphatic carbocycles. The van der Waals surface area contributed by atoms with E-state index in [1.807, 2.05) is 0 Å². The summed E-state index contributed by atoms with van der Waals surface area (Å²) in [5, 5.41) is 0. The predicted molar refractivity (Wildman–Crippen MR) is 8.50 cm³/mol. The number of hydrogen-bond donors (Lipinski definition) is 0. The van der Waals surface area contributed by atoms with Gasteiger partial charge in [0.25, 0.3) is 0 Å². The van der Waals surface area contributed by atoms with Gasteiger partial charge in [-0.2, -0.15) is 0 Å². The molecule has 0 bridgehead atoms. The Morgan fingerprint density at radius 2 is 0.778 bits per heavy atom. The van der Waals surface area contributed by atoms with Crippen LogP contribution in [0.15, 0.2) is 0 Å². The summed E-state index contributed by atoms with van der Waals surface area (Å²) in [6.45, 7) is 0. The van der Waals surface area contributed by atoms with Crippen LogP contribution in [0.25, 0.3) is 0 Å². The molecule has 9 heteroatoms. The third-order valence-corrected chi connectivity index (χ3v) is 0. The second-order valence-corrected chi connectivity index (χ2v) is 3.66. The molecule has 0 atom stereocenters. The molecule has 0 radical (unpaired) electrons. The van der Waals surface area contributed by atoms with Crippen LogP contribution < -0.4 is 7.23 Å². The van der Waals surface area contributed by atoms with Crippen molar-refractivity contribution in [3.8, 4) is 0 Å². The zero-order chi connectivity index (χ0) is 7.15. The van der Waals surface area contributed by atoms with E-state index in [4.69, 9.17) is 20.2 Å². The molecule has 0 aromatic heterocycles. The predicted octanol–water partition coefficient (Wildman–Crippen LogP) is -3.24. The Balaban J connectivity index is -0.0000000720. The van der Waals surface area contributed by atoms with Crippen molar-refractivity contribution in [2.75, 3.05) is 0 Å². The van der Waals surface area contributed by atoms with Gasteiger partial charge in [-0.05, 0) is 0 Å². The first-order chi connectivity index (χ1) is 3.46. The maximum atomic E-state index is 8.62. The molecule has 48 valence electrons. The van der Waals surface area contributed by atoms with E-state index in [1.165, 1.54) is 0 Å². The molecule has 0 aromatic carbocycles. The first-order valence-corrected chi connectivity index (χ1v) is 8.97. The van der Waals surface area contributed by atoms with Crippen molar-refractivity contribution in [2.45, 2.75) is 0 Å². The normalized spacial score (nSPS) is 5.56. The molecule has 0 saturated heterocycles. The Morgan fingerprint density at radius 1 is 0.778 bits per heavy atom. The van der Waals surface area contributed by atoms with Gasteiger partial charge in [-0.1, -0.05) is 0 Å². The van der Waals surface area contributed by atoms with Gasteiger partial charge >= 0.3 is 80.9 Å². The van der Waals surface area contributed by atoms with E-state index in [1.54, 1.807) is 0 Å². The van der Waals surface area contributed by atoms with Crippen molar-refractivity contribution in [2.24, 2.45) is 0 Å². The van der Waals surface area contributed by atoms with Gasteiger partial charge in [0.15, 0.2) is 0 Å². The van der Waals surface area contributed by atoms with Gasteiger partial charge in [0, 0.05) is 0 Å². The Labute approximate surface area is 80.0 Å². The number of rotatable bonds is 0. The van der Waals surface area contributed by atoms with Crippen LogP contribution in [0, 0.1) is 0 Å². The van der Waals surface area contributed by atoms with Crippen molar-refractivity contribution >= 4 is 23.1 Å². The van der Waals surface area contributed by atoms with E-state index in [0.29, 0.717) is 0 Å². The quantitative estimate of drug-likeness (QED) is 0.336. The average molecular weight is 482 g/mol. The van der Waals surface area contributed by atoms with E-state index in [2.05, 4.69) is 0 Å². The molecule has 0 amide bonds. The van der Waals surface area contributed by atoms with Crippen LogP contribution in [-0.4, -0.2) is 23.1 Å². The van der Waals surface area contributed by atoms with E-state index in [0.717, 1.165) is 0 Å². The SMILES string of the molecule is [Mg+2].[O]=[Ta](=[O])[O-].[O]=[Ta](=[O])[O-]. The summed E-state index contributed by atoms with van der Waals surface area (Å²) in [5.41, 5.74) is 0. The third kappa shape index (κ3) is 272. The van der Waals surface area contributed by atoms with E-state index < -0.39 is 37.6 Å². The van der Waals surface area contributed by atoms with Crippen molar-refractivity contribution < 1.29 is 57.8 Å². The zero-order valence-electron chi connectivity index (χ0n) is 4.05. The molecular weight excluding hydrogens is 482 g/mol. The minimum absolute atomic E-state index is 0. The van der Waals surface area contributed by atoms with Gasteiger partial charge in [0.2, 0.25) is 0 Å². The monoisotopic (exact) mass is 482 g/mol. The Kier molecular flexibility index (Phi) is 22.5. The summed E-state index contributed by atoms with van der Waals surface area (Å²) in [5.74, 6) is 0. The molecule has 0 heterocycles. The van der Waals surface area contributed by atoms with Crippen molar-refractivity contribution in [1.29, 1.82) is 0 Å². The molecular formula is MgO6Ta2. The van der Waals surface area contributed by atoms with Gasteiger partial charge in [0.05, 0.1) is 0 Å². The fourth-order valence-electron chi connectivity index (χ4n) is 0. The van der Waals surface area contributed by atoms with Crippen LogP contribution >= 0.6 is 0 Å². The Morgan fingerprint density at radius 3 is 0.778 bits per heavy atom. The van der Waals surface area contributed by atoms with Gasteiger partial charge in [-0.3, -0.25) is 0 Å². The average Bonchev–Trinajstić information content (AvgIpc) is 1.25. The summed E-state index contributed by atoms with van der Waals surface area (Å²) in [4.78, 5) is 0. The van der Waals surface area contributed by atoms with Crippen LogP contribution in [0.5, 0.6) is 0 Å². The molecule has 9 heavy (non-hydrogen) atoms. The number of hydrogen-bond acceptors (Lipinski definition) is 6. The van der Waals surface area contributed by atoms with E-state index in [-0.39, 0.29) is 23.1 Å². The fraction of sp³-hybridized carbons (Fsp3) is 0. The van der Waals surface area contributed by atoms with Crippen molar-refractivity contribution in [1.82, 2.24) is 0 Å². The first kappa shape index (κ1) is 16.8. The second kappa shape index (κ2) is 12.1. The van der Waals surface area contributed by atoms with E-state index >= 15 is 0 Å². The molecule has 6 nitrogen and oxygen atoms in total. The minimum atomic E-state index is -4.34. The molecule has 0 aromatic rings. The molecule has 0 fully saturated rings. The molecule has 0 saturated carbocycles. The van der Waals surface area contributed by atoms with Crippen molar-refractivity contribution in [3.05, 3.63) is 0 Å². The van der Waals surface area contributed by atoms with Crippen LogP contribution in [0.2, 0.25) is 0 Å². The Hall–Kier alpha value is 1.37. The summed E-state index contributed by atoms with van der Waals surface area (Å²) < 4.78 is 51.7. The van der Waals surface area contributed by atoms with Crippen LogP contribution in [-0.2, 0) is 50.6 Å². The van der Waals surface area contributed by atoms with Gasteiger partial charge in [-0.15, -0.1) is 0 Å². The summed E-state index contributed by atoms with van der Waals surface area (Å²) in [6, 6.07) is 0. The van der Waals surface area contributed by atoms with Gasteiger partial charge in [-0.25, -0.2) is 0 Å². The summed E-state index contributed by atoms with van der Waals surface area (Å²) in [7, 11) is 0. The second-order valence-electron chi connectivity index (χ2n) is 0.447. The van der Waals surface area contributed by atoms with Gasteiger partial charge < -0.3 is 0 Å². The topological polar surface area (TPSA) is 114 Å².